The maximum absolute atomic E-state index is 12.2. The maximum atomic E-state index is 12.2. The molecule has 2 heterocycles. The monoisotopic (exact) mass is 280 g/mol. The van der Waals surface area contributed by atoms with E-state index in [1.807, 2.05) is 18.4 Å². The van der Waals surface area contributed by atoms with Crippen LogP contribution in [0.5, 0.6) is 0 Å². The molecule has 0 aromatic carbocycles. The maximum Gasteiger partial charge on any atom is 0.243 e. The molecule has 1 aliphatic rings. The first-order valence-corrected chi connectivity index (χ1v) is 7.69. The van der Waals surface area contributed by atoms with Gasteiger partial charge in [0.2, 0.25) is 11.8 Å². The molecule has 1 aromatic rings. The minimum Gasteiger partial charge on any atom is -0.345 e. The molecule has 0 bridgehead atoms. The third kappa shape index (κ3) is 2.81. The first-order chi connectivity index (χ1) is 9.19. The Bertz CT molecular complexity index is 444. The van der Waals surface area contributed by atoms with E-state index in [1.165, 1.54) is 4.88 Å². The van der Waals surface area contributed by atoms with Gasteiger partial charge in [-0.25, -0.2) is 0 Å². The number of thiophene rings is 1. The van der Waals surface area contributed by atoms with Crippen LogP contribution in [-0.4, -0.2) is 29.3 Å². The van der Waals surface area contributed by atoms with Gasteiger partial charge in [-0.1, -0.05) is 26.3 Å². The Labute approximate surface area is 117 Å². The minimum absolute atomic E-state index is 0.0262. The van der Waals surface area contributed by atoms with Gasteiger partial charge in [0.1, 0.15) is 6.04 Å². The summed E-state index contributed by atoms with van der Waals surface area (Å²) in [4.78, 5) is 27.2. The van der Waals surface area contributed by atoms with Crippen molar-refractivity contribution >= 4 is 23.2 Å². The Kier molecular flexibility index (Phi) is 4.58. The highest BCUT2D eigenvalue weighted by Crippen LogP contribution is 2.32. The van der Waals surface area contributed by atoms with Crippen LogP contribution in [0.4, 0.5) is 0 Å². The fourth-order valence-electron chi connectivity index (χ4n) is 2.62. The summed E-state index contributed by atoms with van der Waals surface area (Å²) in [5.74, 6) is -0.00180. The molecular weight excluding hydrogens is 260 g/mol. The molecule has 1 saturated heterocycles. The standard InChI is InChI=1S/C14H20N2O2S/c1-3-6-11(12-7-5-8-19-12)16-10(4-2)14(18)15-9-13(16)17/h5,7-8,10-11H,3-4,6,9H2,1-2H3,(H,15,18). The number of hydrogen-bond donors (Lipinski definition) is 1. The summed E-state index contributed by atoms with van der Waals surface area (Å²) in [6.07, 6.45) is 2.55. The van der Waals surface area contributed by atoms with Crippen LogP contribution in [0.2, 0.25) is 0 Å². The molecule has 4 nitrogen and oxygen atoms in total. The van der Waals surface area contributed by atoms with E-state index in [2.05, 4.69) is 18.3 Å². The first-order valence-electron chi connectivity index (χ1n) is 6.81. The van der Waals surface area contributed by atoms with Crippen molar-refractivity contribution in [2.75, 3.05) is 6.54 Å². The van der Waals surface area contributed by atoms with Crippen LogP contribution in [-0.2, 0) is 9.59 Å². The number of piperazine rings is 1. The van der Waals surface area contributed by atoms with Crippen molar-refractivity contribution in [3.63, 3.8) is 0 Å². The molecule has 1 aliphatic heterocycles. The molecule has 2 rings (SSSR count). The molecule has 104 valence electrons. The van der Waals surface area contributed by atoms with Crippen LogP contribution in [0, 0.1) is 0 Å². The Balaban J connectivity index is 2.32. The fourth-order valence-corrected chi connectivity index (χ4v) is 3.48. The quantitative estimate of drug-likeness (QED) is 0.900. The number of carbonyl (C=O) groups excluding carboxylic acids is 2. The van der Waals surface area contributed by atoms with Gasteiger partial charge in [-0.05, 0) is 24.3 Å². The Morgan fingerprint density at radius 1 is 1.47 bits per heavy atom. The summed E-state index contributed by atoms with van der Waals surface area (Å²) in [5.41, 5.74) is 0. The van der Waals surface area contributed by atoms with E-state index < -0.39 is 0 Å². The lowest BCUT2D eigenvalue weighted by atomic mass is 10.0. The molecule has 0 saturated carbocycles. The minimum atomic E-state index is -0.333. The average molecular weight is 280 g/mol. The second-order valence-electron chi connectivity index (χ2n) is 4.76. The zero-order valence-corrected chi connectivity index (χ0v) is 12.2. The molecule has 2 atom stereocenters. The van der Waals surface area contributed by atoms with Crippen molar-refractivity contribution in [2.24, 2.45) is 0 Å². The average Bonchev–Trinajstić information content (AvgIpc) is 2.92. The van der Waals surface area contributed by atoms with Crippen molar-refractivity contribution in [3.05, 3.63) is 22.4 Å². The molecule has 5 heteroatoms. The van der Waals surface area contributed by atoms with E-state index in [1.54, 1.807) is 16.2 Å². The molecule has 1 fully saturated rings. The van der Waals surface area contributed by atoms with E-state index in [0.717, 1.165) is 12.8 Å². The van der Waals surface area contributed by atoms with Gasteiger partial charge in [0, 0.05) is 4.88 Å². The van der Waals surface area contributed by atoms with Gasteiger partial charge >= 0.3 is 0 Å². The van der Waals surface area contributed by atoms with Crippen LogP contribution in [0.15, 0.2) is 17.5 Å². The lowest BCUT2D eigenvalue weighted by molar-refractivity contribution is -0.148. The van der Waals surface area contributed by atoms with E-state index in [0.29, 0.717) is 6.42 Å². The summed E-state index contributed by atoms with van der Waals surface area (Å²) >= 11 is 1.65. The SMILES string of the molecule is CCCC(c1cccs1)N1C(=O)CNC(=O)C1CC. The number of hydrogen-bond acceptors (Lipinski definition) is 3. The molecular formula is C14H20N2O2S. The Hall–Kier alpha value is -1.36. The van der Waals surface area contributed by atoms with E-state index in [4.69, 9.17) is 0 Å². The van der Waals surface area contributed by atoms with Crippen LogP contribution < -0.4 is 5.32 Å². The molecule has 0 aliphatic carbocycles. The fraction of sp³-hybridized carbons (Fsp3) is 0.571. The zero-order valence-electron chi connectivity index (χ0n) is 11.4. The zero-order chi connectivity index (χ0) is 13.8. The van der Waals surface area contributed by atoms with Crippen LogP contribution in [0.3, 0.4) is 0 Å². The van der Waals surface area contributed by atoms with Gasteiger partial charge in [0.15, 0.2) is 0 Å². The number of rotatable bonds is 5. The lowest BCUT2D eigenvalue weighted by Gasteiger charge is -2.39. The largest absolute Gasteiger partial charge is 0.345 e. The predicted molar refractivity (Wildman–Crippen MR) is 75.9 cm³/mol. The van der Waals surface area contributed by atoms with Crippen LogP contribution in [0.1, 0.15) is 44.0 Å². The van der Waals surface area contributed by atoms with Crippen molar-refractivity contribution in [1.29, 1.82) is 0 Å². The molecule has 1 aromatic heterocycles. The van der Waals surface area contributed by atoms with Crippen LogP contribution in [0.25, 0.3) is 0 Å². The molecule has 0 spiro atoms. The third-order valence-electron chi connectivity index (χ3n) is 3.50. The van der Waals surface area contributed by atoms with Crippen LogP contribution >= 0.6 is 11.3 Å². The Morgan fingerprint density at radius 2 is 2.26 bits per heavy atom. The first kappa shape index (κ1) is 14.1. The highest BCUT2D eigenvalue weighted by Gasteiger charge is 2.38. The smallest absolute Gasteiger partial charge is 0.243 e. The number of amides is 2. The molecule has 1 N–H and O–H groups in total. The number of nitrogens with one attached hydrogen (secondary N) is 1. The highest BCUT2D eigenvalue weighted by atomic mass is 32.1. The molecule has 19 heavy (non-hydrogen) atoms. The van der Waals surface area contributed by atoms with E-state index >= 15 is 0 Å². The normalized spacial score (nSPS) is 21.4. The summed E-state index contributed by atoms with van der Waals surface area (Å²) in [7, 11) is 0. The Morgan fingerprint density at radius 3 is 2.84 bits per heavy atom. The summed E-state index contributed by atoms with van der Waals surface area (Å²) in [6, 6.07) is 3.75. The van der Waals surface area contributed by atoms with Crippen molar-refractivity contribution in [3.8, 4) is 0 Å². The number of carbonyl (C=O) groups is 2. The predicted octanol–water partition coefficient (Wildman–Crippen LogP) is 2.33. The van der Waals surface area contributed by atoms with Gasteiger partial charge in [-0.2, -0.15) is 0 Å². The molecule has 0 radical (unpaired) electrons. The van der Waals surface area contributed by atoms with E-state index in [-0.39, 0.29) is 30.4 Å². The van der Waals surface area contributed by atoms with Gasteiger partial charge in [-0.15, -0.1) is 11.3 Å². The summed E-state index contributed by atoms with van der Waals surface area (Å²) < 4.78 is 0. The van der Waals surface area contributed by atoms with Crippen molar-refractivity contribution in [2.45, 2.75) is 45.2 Å². The van der Waals surface area contributed by atoms with Gasteiger partial charge in [0.05, 0.1) is 12.6 Å². The second-order valence-corrected chi connectivity index (χ2v) is 5.74. The lowest BCUT2D eigenvalue weighted by Crippen LogP contribution is -2.58. The van der Waals surface area contributed by atoms with Gasteiger partial charge in [-0.3, -0.25) is 9.59 Å². The molecule has 2 amide bonds. The van der Waals surface area contributed by atoms with E-state index in [9.17, 15) is 9.59 Å². The van der Waals surface area contributed by atoms with Gasteiger partial charge < -0.3 is 10.2 Å². The topological polar surface area (TPSA) is 49.4 Å². The number of nitrogens with zero attached hydrogens (tertiary/aromatic N) is 1. The van der Waals surface area contributed by atoms with Crippen molar-refractivity contribution < 1.29 is 9.59 Å². The molecule has 2 unspecified atom stereocenters. The summed E-state index contributed by atoms with van der Waals surface area (Å²) in [5, 5.41) is 4.70. The second kappa shape index (κ2) is 6.19. The highest BCUT2D eigenvalue weighted by molar-refractivity contribution is 7.10. The van der Waals surface area contributed by atoms with Gasteiger partial charge in [0.25, 0.3) is 0 Å². The third-order valence-corrected chi connectivity index (χ3v) is 4.47. The summed E-state index contributed by atoms with van der Waals surface area (Å²) in [6.45, 7) is 4.18. The van der Waals surface area contributed by atoms with Crippen molar-refractivity contribution in [1.82, 2.24) is 10.2 Å².